The Kier molecular flexibility index (Phi) is 2.77. The first-order chi connectivity index (χ1) is 8.65. The zero-order valence-electron chi connectivity index (χ0n) is 10.7. The number of aromatic hydroxyl groups is 1. The van der Waals surface area contributed by atoms with Crippen molar-refractivity contribution in [1.82, 2.24) is 4.90 Å². The molecule has 2 fully saturated rings. The molecule has 2 aliphatic carbocycles. The molecule has 1 aromatic rings. The molecule has 96 valence electrons. The Morgan fingerprint density at radius 3 is 2.67 bits per heavy atom. The number of carbonyl (C=O) groups excluding carboxylic acids is 1. The highest BCUT2D eigenvalue weighted by molar-refractivity contribution is 5.97. The molecule has 0 heterocycles. The van der Waals surface area contributed by atoms with Crippen molar-refractivity contribution < 1.29 is 9.90 Å². The Labute approximate surface area is 107 Å². The number of aryl methyl sites for hydroxylation is 1. The molecule has 0 radical (unpaired) electrons. The number of phenols is 1. The van der Waals surface area contributed by atoms with E-state index in [-0.39, 0.29) is 11.7 Å². The van der Waals surface area contributed by atoms with Crippen molar-refractivity contribution in [2.45, 2.75) is 38.6 Å². The molecule has 3 nitrogen and oxygen atoms in total. The Balaban J connectivity index is 1.83. The fourth-order valence-corrected chi connectivity index (χ4v) is 2.34. The lowest BCUT2D eigenvalue weighted by atomic mass is 10.1. The first-order valence-corrected chi connectivity index (χ1v) is 6.76. The predicted molar refractivity (Wildman–Crippen MR) is 69.6 cm³/mol. The first kappa shape index (κ1) is 11.6. The van der Waals surface area contributed by atoms with E-state index >= 15 is 0 Å². The number of rotatable bonds is 4. The summed E-state index contributed by atoms with van der Waals surface area (Å²) in [6.07, 6.45) is 4.72. The fourth-order valence-electron chi connectivity index (χ4n) is 2.34. The molecule has 1 aromatic carbocycles. The van der Waals surface area contributed by atoms with Crippen LogP contribution in [0.4, 0.5) is 0 Å². The van der Waals surface area contributed by atoms with E-state index in [4.69, 9.17) is 0 Å². The molecule has 0 spiro atoms. The minimum Gasteiger partial charge on any atom is -0.507 e. The van der Waals surface area contributed by atoms with E-state index in [1.165, 1.54) is 12.8 Å². The molecular weight excluding hydrogens is 226 g/mol. The number of carbonyl (C=O) groups is 1. The molecular formula is C15H19NO2. The fraction of sp³-hybridized carbons (Fsp3) is 0.533. The van der Waals surface area contributed by atoms with Crippen LogP contribution in [0, 0.1) is 12.8 Å². The lowest BCUT2D eigenvalue weighted by molar-refractivity contribution is 0.0731. The number of hydrogen-bond donors (Lipinski definition) is 1. The van der Waals surface area contributed by atoms with Crippen LogP contribution in [0.25, 0.3) is 0 Å². The second kappa shape index (κ2) is 4.30. The van der Waals surface area contributed by atoms with Gasteiger partial charge in [0.15, 0.2) is 0 Å². The summed E-state index contributed by atoms with van der Waals surface area (Å²) in [6, 6.07) is 5.65. The van der Waals surface area contributed by atoms with E-state index in [9.17, 15) is 9.90 Å². The first-order valence-electron chi connectivity index (χ1n) is 6.76. The van der Waals surface area contributed by atoms with Gasteiger partial charge in [-0.25, -0.2) is 0 Å². The third-order valence-corrected chi connectivity index (χ3v) is 3.78. The van der Waals surface area contributed by atoms with Gasteiger partial charge < -0.3 is 10.0 Å². The van der Waals surface area contributed by atoms with E-state index in [0.717, 1.165) is 24.9 Å². The van der Waals surface area contributed by atoms with Crippen LogP contribution in [-0.4, -0.2) is 28.5 Å². The number of benzene rings is 1. The average Bonchev–Trinajstić information content (AvgIpc) is 3.21. The van der Waals surface area contributed by atoms with Gasteiger partial charge in [-0.2, -0.15) is 0 Å². The van der Waals surface area contributed by atoms with Crippen molar-refractivity contribution in [1.29, 1.82) is 0 Å². The topological polar surface area (TPSA) is 40.5 Å². The molecule has 3 rings (SSSR count). The molecule has 1 amide bonds. The molecule has 0 bridgehead atoms. The van der Waals surface area contributed by atoms with Gasteiger partial charge in [0.2, 0.25) is 0 Å². The van der Waals surface area contributed by atoms with Crippen molar-refractivity contribution in [3.63, 3.8) is 0 Å². The minimum atomic E-state index is 0.00519. The zero-order valence-corrected chi connectivity index (χ0v) is 10.7. The third-order valence-electron chi connectivity index (χ3n) is 3.78. The highest BCUT2D eigenvalue weighted by atomic mass is 16.3. The summed E-state index contributed by atoms with van der Waals surface area (Å²) in [6.45, 7) is 2.81. The Morgan fingerprint density at radius 1 is 1.33 bits per heavy atom. The van der Waals surface area contributed by atoms with E-state index in [0.29, 0.717) is 17.5 Å². The van der Waals surface area contributed by atoms with Crippen LogP contribution in [0.2, 0.25) is 0 Å². The molecule has 0 unspecified atom stereocenters. The summed E-state index contributed by atoms with van der Waals surface area (Å²) in [5.41, 5.74) is 1.47. The number of nitrogens with zero attached hydrogens (tertiary/aromatic N) is 1. The summed E-state index contributed by atoms with van der Waals surface area (Å²) in [5, 5.41) is 9.86. The molecule has 1 N–H and O–H groups in total. The van der Waals surface area contributed by atoms with Crippen LogP contribution in [0.3, 0.4) is 0 Å². The Morgan fingerprint density at radius 2 is 2.06 bits per heavy atom. The summed E-state index contributed by atoms with van der Waals surface area (Å²) >= 11 is 0. The molecule has 2 aliphatic rings. The lowest BCUT2D eigenvalue weighted by Gasteiger charge is -2.23. The van der Waals surface area contributed by atoms with Gasteiger partial charge in [-0.15, -0.1) is 0 Å². The van der Waals surface area contributed by atoms with Crippen LogP contribution >= 0.6 is 0 Å². The van der Waals surface area contributed by atoms with Crippen LogP contribution in [-0.2, 0) is 0 Å². The van der Waals surface area contributed by atoms with Gasteiger partial charge in [0.25, 0.3) is 5.91 Å². The zero-order chi connectivity index (χ0) is 12.7. The number of hydrogen-bond acceptors (Lipinski definition) is 2. The Bertz CT molecular complexity index is 475. The predicted octanol–water partition coefficient (Wildman–Crippen LogP) is 2.72. The van der Waals surface area contributed by atoms with E-state index < -0.39 is 0 Å². The van der Waals surface area contributed by atoms with Crippen LogP contribution in [0.5, 0.6) is 5.75 Å². The monoisotopic (exact) mass is 245 g/mol. The van der Waals surface area contributed by atoms with Crippen molar-refractivity contribution in [2.24, 2.45) is 5.92 Å². The molecule has 0 saturated heterocycles. The molecule has 0 aliphatic heterocycles. The summed E-state index contributed by atoms with van der Waals surface area (Å²) in [4.78, 5) is 14.5. The van der Waals surface area contributed by atoms with Gasteiger partial charge in [0.05, 0.1) is 5.56 Å². The summed E-state index contributed by atoms with van der Waals surface area (Å²) in [7, 11) is 0. The van der Waals surface area contributed by atoms with Crippen molar-refractivity contribution in [2.75, 3.05) is 6.54 Å². The second-order valence-corrected chi connectivity index (χ2v) is 5.65. The van der Waals surface area contributed by atoms with Gasteiger partial charge in [-0.3, -0.25) is 4.79 Å². The SMILES string of the molecule is Cc1ccc(O)c(C(=O)N(CC2CC2)C2CC2)c1. The van der Waals surface area contributed by atoms with Gasteiger partial charge in [0, 0.05) is 12.6 Å². The maximum Gasteiger partial charge on any atom is 0.257 e. The smallest absolute Gasteiger partial charge is 0.257 e. The van der Waals surface area contributed by atoms with E-state index in [1.807, 2.05) is 17.9 Å². The summed E-state index contributed by atoms with van der Waals surface area (Å²) < 4.78 is 0. The highest BCUT2D eigenvalue weighted by Gasteiger charge is 2.37. The summed E-state index contributed by atoms with van der Waals surface area (Å²) in [5.74, 6) is 0.805. The minimum absolute atomic E-state index is 0.00519. The lowest BCUT2D eigenvalue weighted by Crippen LogP contribution is -2.35. The maximum atomic E-state index is 12.5. The molecule has 3 heteroatoms. The normalized spacial score (nSPS) is 18.7. The third kappa shape index (κ3) is 2.35. The van der Waals surface area contributed by atoms with Gasteiger partial charge in [-0.1, -0.05) is 11.6 Å². The van der Waals surface area contributed by atoms with Crippen LogP contribution in [0.1, 0.15) is 41.6 Å². The maximum absolute atomic E-state index is 12.5. The van der Waals surface area contributed by atoms with Gasteiger partial charge in [0.1, 0.15) is 5.75 Å². The average molecular weight is 245 g/mol. The standard InChI is InChI=1S/C15H19NO2/c1-10-2-7-14(17)13(8-10)15(18)16(12-5-6-12)9-11-3-4-11/h2,7-8,11-12,17H,3-6,9H2,1H3. The highest BCUT2D eigenvalue weighted by Crippen LogP contribution is 2.36. The largest absolute Gasteiger partial charge is 0.507 e. The van der Waals surface area contributed by atoms with E-state index in [1.54, 1.807) is 12.1 Å². The molecule has 18 heavy (non-hydrogen) atoms. The Hall–Kier alpha value is -1.51. The van der Waals surface area contributed by atoms with Crippen LogP contribution in [0.15, 0.2) is 18.2 Å². The number of phenolic OH excluding ortho intramolecular Hbond substituents is 1. The molecule has 0 aromatic heterocycles. The molecule has 2 saturated carbocycles. The van der Waals surface area contributed by atoms with Gasteiger partial charge >= 0.3 is 0 Å². The quantitative estimate of drug-likeness (QED) is 0.886. The second-order valence-electron chi connectivity index (χ2n) is 5.65. The number of amides is 1. The van der Waals surface area contributed by atoms with Crippen molar-refractivity contribution in [3.05, 3.63) is 29.3 Å². The van der Waals surface area contributed by atoms with Crippen LogP contribution < -0.4 is 0 Å². The van der Waals surface area contributed by atoms with E-state index in [2.05, 4.69) is 0 Å². The van der Waals surface area contributed by atoms with Crippen molar-refractivity contribution in [3.8, 4) is 5.75 Å². The van der Waals surface area contributed by atoms with Crippen molar-refractivity contribution >= 4 is 5.91 Å². The van der Waals surface area contributed by atoms with Gasteiger partial charge in [-0.05, 0) is 50.7 Å². The molecule has 0 atom stereocenters.